The molecule has 0 spiro atoms. The summed E-state index contributed by atoms with van der Waals surface area (Å²) in [6.45, 7) is 8.75. The van der Waals surface area contributed by atoms with Crippen LogP contribution in [0.4, 0.5) is 8.78 Å². The quantitative estimate of drug-likeness (QED) is 0.250. The Balaban J connectivity index is 1.88. The third-order valence-electron chi connectivity index (χ3n) is 5.03. The Bertz CT molecular complexity index is 815. The van der Waals surface area contributed by atoms with Gasteiger partial charge in [-0.05, 0) is 38.7 Å². The monoisotopic (exact) mass is 413 g/mol. The number of ether oxygens (including phenoxy) is 1. The van der Waals surface area contributed by atoms with E-state index >= 15 is 0 Å². The molecule has 0 saturated heterocycles. The summed E-state index contributed by atoms with van der Waals surface area (Å²) < 4.78 is 34.9. The second kappa shape index (κ2) is 13.1. The van der Waals surface area contributed by atoms with Gasteiger partial charge in [0.05, 0.1) is 6.10 Å². The Morgan fingerprint density at radius 2 is 1.93 bits per heavy atom. The lowest BCUT2D eigenvalue weighted by Gasteiger charge is -2.12. The first-order chi connectivity index (χ1) is 14.6. The normalized spacial score (nSPS) is 12.4. The highest BCUT2D eigenvalue weighted by Crippen LogP contribution is 2.27. The van der Waals surface area contributed by atoms with Gasteiger partial charge >= 0.3 is 0 Å². The van der Waals surface area contributed by atoms with E-state index in [1.807, 2.05) is 6.08 Å². The van der Waals surface area contributed by atoms with E-state index in [4.69, 9.17) is 4.74 Å². The van der Waals surface area contributed by atoms with Crippen LogP contribution in [0.2, 0.25) is 0 Å². The standard InChI is InChI=1S/C26H33F2NO/c1-4-6-10-18-30-20(3)12-8-7-9-13-21-15-17-24(26(28)25(21)27)22-14-16-23(11-5-2)29-19-22/h5,9,13-17,19-20H,2,4,6-8,10-12,18H2,1,3H3. The summed E-state index contributed by atoms with van der Waals surface area (Å²) in [6, 6.07) is 6.78. The third kappa shape index (κ3) is 7.49. The molecule has 2 aromatic rings. The van der Waals surface area contributed by atoms with Crippen LogP contribution in [0.1, 0.15) is 63.6 Å². The maximum atomic E-state index is 14.6. The maximum Gasteiger partial charge on any atom is 0.167 e. The van der Waals surface area contributed by atoms with Gasteiger partial charge in [-0.15, -0.1) is 6.58 Å². The topological polar surface area (TPSA) is 22.1 Å². The molecule has 162 valence electrons. The largest absolute Gasteiger partial charge is 0.379 e. The van der Waals surface area contributed by atoms with Gasteiger partial charge in [-0.3, -0.25) is 4.98 Å². The summed E-state index contributed by atoms with van der Waals surface area (Å²) >= 11 is 0. The molecule has 1 heterocycles. The van der Waals surface area contributed by atoms with Gasteiger partial charge in [0.25, 0.3) is 0 Å². The van der Waals surface area contributed by atoms with Gasteiger partial charge in [-0.1, -0.05) is 56.2 Å². The van der Waals surface area contributed by atoms with Crippen molar-refractivity contribution in [3.05, 3.63) is 72.1 Å². The number of pyridine rings is 1. The lowest BCUT2D eigenvalue weighted by Crippen LogP contribution is -2.08. The lowest BCUT2D eigenvalue weighted by molar-refractivity contribution is 0.0566. The predicted octanol–water partition coefficient (Wildman–Crippen LogP) is 7.53. The Hall–Kier alpha value is -2.33. The summed E-state index contributed by atoms with van der Waals surface area (Å²) in [4.78, 5) is 4.27. The molecule has 1 aromatic heterocycles. The van der Waals surface area contributed by atoms with E-state index in [0.29, 0.717) is 12.0 Å². The van der Waals surface area contributed by atoms with Crippen LogP contribution in [0.5, 0.6) is 0 Å². The number of allylic oxidation sites excluding steroid dienone is 2. The van der Waals surface area contributed by atoms with E-state index in [0.717, 1.165) is 38.0 Å². The lowest BCUT2D eigenvalue weighted by atomic mass is 10.0. The zero-order valence-corrected chi connectivity index (χ0v) is 18.2. The molecule has 0 radical (unpaired) electrons. The fourth-order valence-corrected chi connectivity index (χ4v) is 3.22. The number of nitrogens with zero attached hydrogens (tertiary/aromatic N) is 1. The molecule has 0 aliphatic rings. The second-order valence-electron chi connectivity index (χ2n) is 7.58. The van der Waals surface area contributed by atoms with Gasteiger partial charge < -0.3 is 4.74 Å². The van der Waals surface area contributed by atoms with Gasteiger partial charge in [0, 0.05) is 41.6 Å². The number of hydrogen-bond donors (Lipinski definition) is 0. The van der Waals surface area contributed by atoms with Crippen LogP contribution >= 0.6 is 0 Å². The minimum Gasteiger partial charge on any atom is -0.379 e. The fraction of sp³-hybridized carbons (Fsp3) is 0.423. The van der Waals surface area contributed by atoms with Gasteiger partial charge in [0.1, 0.15) is 0 Å². The van der Waals surface area contributed by atoms with E-state index in [2.05, 4.69) is 25.4 Å². The molecule has 0 bridgehead atoms. The van der Waals surface area contributed by atoms with Crippen molar-refractivity contribution in [1.82, 2.24) is 4.98 Å². The van der Waals surface area contributed by atoms with Crippen molar-refractivity contribution in [1.29, 1.82) is 0 Å². The fourth-order valence-electron chi connectivity index (χ4n) is 3.22. The zero-order valence-electron chi connectivity index (χ0n) is 18.2. The second-order valence-corrected chi connectivity index (χ2v) is 7.58. The summed E-state index contributed by atoms with van der Waals surface area (Å²) in [5, 5.41) is 0. The average Bonchev–Trinajstić information content (AvgIpc) is 2.75. The summed E-state index contributed by atoms with van der Waals surface area (Å²) in [6.07, 6.45) is 14.0. The van der Waals surface area contributed by atoms with Gasteiger partial charge in [-0.25, -0.2) is 8.78 Å². The molecule has 0 N–H and O–H groups in total. The van der Waals surface area contributed by atoms with Gasteiger partial charge in [-0.2, -0.15) is 0 Å². The molecule has 0 aliphatic heterocycles. The van der Waals surface area contributed by atoms with E-state index in [1.165, 1.54) is 12.8 Å². The van der Waals surface area contributed by atoms with Crippen molar-refractivity contribution in [3.63, 3.8) is 0 Å². The summed E-state index contributed by atoms with van der Waals surface area (Å²) in [5.41, 5.74) is 1.88. The molecule has 30 heavy (non-hydrogen) atoms. The molecule has 0 amide bonds. The van der Waals surface area contributed by atoms with Crippen LogP contribution in [0, 0.1) is 11.6 Å². The van der Waals surface area contributed by atoms with Crippen molar-refractivity contribution in [3.8, 4) is 11.1 Å². The smallest absolute Gasteiger partial charge is 0.167 e. The molecule has 0 aliphatic carbocycles. The Kier molecular flexibility index (Phi) is 10.4. The Morgan fingerprint density at radius 3 is 2.63 bits per heavy atom. The number of aromatic nitrogens is 1. The molecule has 1 aromatic carbocycles. The van der Waals surface area contributed by atoms with Crippen LogP contribution in [0.25, 0.3) is 17.2 Å². The highest BCUT2D eigenvalue weighted by atomic mass is 19.2. The molecular formula is C26H33F2NO. The molecule has 2 nitrogen and oxygen atoms in total. The van der Waals surface area contributed by atoms with E-state index in [-0.39, 0.29) is 17.2 Å². The van der Waals surface area contributed by atoms with Crippen LogP contribution in [0.15, 0.2) is 49.2 Å². The molecule has 2 rings (SSSR count). The van der Waals surface area contributed by atoms with Gasteiger partial charge in [0.2, 0.25) is 0 Å². The number of rotatable bonds is 13. The molecular weight excluding hydrogens is 380 g/mol. The third-order valence-corrected chi connectivity index (χ3v) is 5.03. The number of unbranched alkanes of at least 4 members (excludes halogenated alkanes) is 3. The highest BCUT2D eigenvalue weighted by Gasteiger charge is 2.13. The Labute approximate surface area is 179 Å². The minimum atomic E-state index is -0.843. The molecule has 1 unspecified atom stereocenters. The molecule has 0 fully saturated rings. The van der Waals surface area contributed by atoms with Crippen LogP contribution in [0.3, 0.4) is 0 Å². The van der Waals surface area contributed by atoms with Crippen molar-refractivity contribution in [2.24, 2.45) is 0 Å². The maximum absolute atomic E-state index is 14.6. The average molecular weight is 414 g/mol. The Morgan fingerprint density at radius 1 is 1.10 bits per heavy atom. The summed E-state index contributed by atoms with van der Waals surface area (Å²) in [7, 11) is 0. The first-order valence-corrected chi connectivity index (χ1v) is 10.9. The van der Waals surface area contributed by atoms with Crippen LogP contribution < -0.4 is 0 Å². The number of halogens is 2. The minimum absolute atomic E-state index is 0.219. The van der Waals surface area contributed by atoms with Crippen molar-refractivity contribution < 1.29 is 13.5 Å². The van der Waals surface area contributed by atoms with E-state index < -0.39 is 11.6 Å². The SMILES string of the molecule is C=CCc1ccc(-c2ccc(C=CCCCC(C)OCCCCC)c(F)c2F)cn1. The van der Waals surface area contributed by atoms with Crippen molar-refractivity contribution in [2.45, 2.75) is 64.9 Å². The molecule has 0 saturated carbocycles. The van der Waals surface area contributed by atoms with E-state index in [9.17, 15) is 8.78 Å². The number of benzene rings is 1. The molecule has 4 heteroatoms. The summed E-state index contributed by atoms with van der Waals surface area (Å²) in [5.74, 6) is -1.67. The zero-order chi connectivity index (χ0) is 21.8. The molecule has 1 atom stereocenters. The van der Waals surface area contributed by atoms with E-state index in [1.54, 1.807) is 42.6 Å². The van der Waals surface area contributed by atoms with Crippen LogP contribution in [-0.2, 0) is 11.2 Å². The van der Waals surface area contributed by atoms with Gasteiger partial charge in [0.15, 0.2) is 11.6 Å². The first kappa shape index (κ1) is 23.9. The van der Waals surface area contributed by atoms with Crippen molar-refractivity contribution in [2.75, 3.05) is 6.61 Å². The highest BCUT2D eigenvalue weighted by molar-refractivity contribution is 5.66. The van der Waals surface area contributed by atoms with Crippen molar-refractivity contribution >= 4 is 6.08 Å². The van der Waals surface area contributed by atoms with Crippen LogP contribution in [-0.4, -0.2) is 17.7 Å². The first-order valence-electron chi connectivity index (χ1n) is 10.9. The number of hydrogen-bond acceptors (Lipinski definition) is 2. The predicted molar refractivity (Wildman–Crippen MR) is 121 cm³/mol.